The number of methoxy groups -OCH3 is 2. The number of benzene rings is 2. The molecular weight excluding hydrogens is 472 g/mol. The maximum atomic E-state index is 13.6. The van der Waals surface area contributed by atoms with Gasteiger partial charge >= 0.3 is 0 Å². The lowest BCUT2D eigenvalue weighted by Gasteiger charge is -2.36. The summed E-state index contributed by atoms with van der Waals surface area (Å²) in [6, 6.07) is 11.9. The van der Waals surface area contributed by atoms with Crippen molar-refractivity contribution in [3.8, 4) is 11.5 Å². The van der Waals surface area contributed by atoms with Gasteiger partial charge in [0.15, 0.2) is 11.5 Å². The molecule has 0 saturated carbocycles. The first-order valence-electron chi connectivity index (χ1n) is 9.59. The number of rotatable bonds is 6. The van der Waals surface area contributed by atoms with Crippen LogP contribution in [0.3, 0.4) is 0 Å². The monoisotopic (exact) mass is 494 g/mol. The van der Waals surface area contributed by atoms with Crippen LogP contribution in [0.4, 0.5) is 0 Å². The smallest absolute Gasteiger partial charge is 0.243 e. The van der Waals surface area contributed by atoms with Gasteiger partial charge in [0.05, 0.1) is 30.1 Å². The molecule has 0 spiro atoms. The first kappa shape index (κ1) is 22.7. The van der Waals surface area contributed by atoms with Gasteiger partial charge in [-0.15, -0.1) is 11.3 Å². The fraction of sp³-hybridized carbons (Fsp3) is 0.238. The van der Waals surface area contributed by atoms with Crippen molar-refractivity contribution in [2.24, 2.45) is 5.14 Å². The van der Waals surface area contributed by atoms with Crippen molar-refractivity contribution >= 4 is 31.4 Å². The second-order valence-electron chi connectivity index (χ2n) is 7.21. The van der Waals surface area contributed by atoms with Crippen molar-refractivity contribution in [1.82, 2.24) is 4.31 Å². The number of thiophene rings is 1. The second kappa shape index (κ2) is 8.49. The molecule has 3 aromatic rings. The van der Waals surface area contributed by atoms with Gasteiger partial charge in [0.1, 0.15) is 0 Å². The fourth-order valence-corrected chi connectivity index (χ4v) is 6.88. The lowest BCUT2D eigenvalue weighted by molar-refractivity contribution is 0.334. The molecule has 0 bridgehead atoms. The van der Waals surface area contributed by atoms with Gasteiger partial charge in [-0.1, -0.05) is 6.07 Å². The van der Waals surface area contributed by atoms with Crippen molar-refractivity contribution in [1.29, 1.82) is 0 Å². The number of nitrogens with zero attached hydrogens (tertiary/aromatic N) is 1. The van der Waals surface area contributed by atoms with Crippen molar-refractivity contribution < 1.29 is 26.3 Å². The summed E-state index contributed by atoms with van der Waals surface area (Å²) in [5, 5.41) is 7.04. The Kier molecular flexibility index (Phi) is 6.03. The quantitative estimate of drug-likeness (QED) is 0.563. The molecule has 4 rings (SSSR count). The highest BCUT2D eigenvalue weighted by atomic mass is 32.2. The SMILES string of the molecule is COc1cc2c(cc1OC)[C@@H](c1cccs1)N(S(=O)(=O)c1ccc(S(N)(=O)=O)cc1)CC2. The third kappa shape index (κ3) is 4.02. The molecule has 0 saturated heterocycles. The molecule has 11 heteroatoms. The average Bonchev–Trinajstić information content (AvgIpc) is 3.31. The molecule has 0 fully saturated rings. The standard InChI is InChI=1S/C21H22N2O6S3/c1-28-18-12-14-9-10-23(21(20-4-3-11-30-20)17(14)13-19(18)29-2)32(26,27)16-7-5-15(6-8-16)31(22,24)25/h3-8,11-13,21H,9-10H2,1-2H3,(H2,22,24,25)/t21-/m0/s1. The zero-order valence-electron chi connectivity index (χ0n) is 17.4. The number of ether oxygens (including phenoxy) is 2. The number of hydrogen-bond acceptors (Lipinski definition) is 7. The molecule has 0 amide bonds. The number of nitrogens with two attached hydrogens (primary N) is 1. The highest BCUT2D eigenvalue weighted by molar-refractivity contribution is 7.89. The zero-order chi connectivity index (χ0) is 23.1. The Morgan fingerprint density at radius 2 is 1.59 bits per heavy atom. The maximum Gasteiger partial charge on any atom is 0.243 e. The van der Waals surface area contributed by atoms with Gasteiger partial charge in [0.25, 0.3) is 0 Å². The van der Waals surface area contributed by atoms with E-state index in [9.17, 15) is 16.8 Å². The fourth-order valence-electron chi connectivity index (χ4n) is 3.86. The Balaban J connectivity index is 1.84. The highest BCUT2D eigenvalue weighted by Crippen LogP contribution is 2.44. The van der Waals surface area contributed by atoms with Crippen LogP contribution in [0.15, 0.2) is 63.7 Å². The minimum absolute atomic E-state index is 0.00428. The van der Waals surface area contributed by atoms with Crippen LogP contribution >= 0.6 is 11.3 Å². The van der Waals surface area contributed by atoms with E-state index in [1.54, 1.807) is 7.11 Å². The molecule has 2 N–H and O–H groups in total. The van der Waals surface area contributed by atoms with E-state index in [-0.39, 0.29) is 16.3 Å². The Bertz CT molecular complexity index is 1330. The summed E-state index contributed by atoms with van der Waals surface area (Å²) >= 11 is 1.46. The Hall–Kier alpha value is -2.44. The molecule has 2 aromatic carbocycles. The molecule has 2 heterocycles. The maximum absolute atomic E-state index is 13.6. The minimum Gasteiger partial charge on any atom is -0.493 e. The van der Waals surface area contributed by atoms with Gasteiger partial charge in [-0.25, -0.2) is 22.0 Å². The molecule has 0 aliphatic carbocycles. The van der Waals surface area contributed by atoms with Gasteiger partial charge in [-0.2, -0.15) is 4.31 Å². The first-order valence-corrected chi connectivity index (χ1v) is 13.5. The summed E-state index contributed by atoms with van der Waals surface area (Å²) in [6.45, 7) is 0.254. The number of primary sulfonamides is 1. The summed E-state index contributed by atoms with van der Waals surface area (Å²) in [5.41, 5.74) is 1.80. The summed E-state index contributed by atoms with van der Waals surface area (Å²) in [5.74, 6) is 1.11. The number of fused-ring (bicyclic) bond motifs is 1. The van der Waals surface area contributed by atoms with E-state index in [2.05, 4.69) is 0 Å². The summed E-state index contributed by atoms with van der Waals surface area (Å²) in [7, 11) is -4.77. The molecule has 1 atom stereocenters. The highest BCUT2D eigenvalue weighted by Gasteiger charge is 2.38. The second-order valence-corrected chi connectivity index (χ2v) is 11.6. The normalized spacial score (nSPS) is 17.0. The van der Waals surface area contributed by atoms with Gasteiger partial charge in [-0.05, 0) is 65.4 Å². The van der Waals surface area contributed by atoms with Gasteiger partial charge in [0.2, 0.25) is 20.0 Å². The topological polar surface area (TPSA) is 116 Å². The molecule has 8 nitrogen and oxygen atoms in total. The lowest BCUT2D eigenvalue weighted by atomic mass is 9.92. The minimum atomic E-state index is -3.95. The molecular formula is C21H22N2O6S3. The third-order valence-corrected chi connectivity index (χ3v) is 9.13. The predicted molar refractivity (Wildman–Crippen MR) is 121 cm³/mol. The summed E-state index contributed by atoms with van der Waals surface area (Å²) < 4.78 is 62.7. The molecule has 1 aliphatic rings. The van der Waals surface area contributed by atoms with Crippen LogP contribution in [-0.4, -0.2) is 41.9 Å². The third-order valence-electron chi connectivity index (χ3n) is 5.40. The first-order chi connectivity index (χ1) is 15.2. The number of hydrogen-bond donors (Lipinski definition) is 1. The van der Waals surface area contributed by atoms with E-state index in [0.717, 1.165) is 16.0 Å². The van der Waals surface area contributed by atoms with Crippen LogP contribution < -0.4 is 14.6 Å². The summed E-state index contributed by atoms with van der Waals surface area (Å²) in [4.78, 5) is 0.713. The van der Waals surface area contributed by atoms with E-state index < -0.39 is 26.1 Å². The van der Waals surface area contributed by atoms with Gasteiger partial charge < -0.3 is 9.47 Å². The summed E-state index contributed by atoms with van der Waals surface area (Å²) in [6.07, 6.45) is 0.492. The van der Waals surface area contributed by atoms with E-state index in [1.165, 1.54) is 47.0 Å². The Morgan fingerprint density at radius 1 is 0.969 bits per heavy atom. The van der Waals surface area contributed by atoms with Crippen molar-refractivity contribution in [3.05, 3.63) is 69.9 Å². The Labute approximate surface area is 191 Å². The Morgan fingerprint density at radius 3 is 2.16 bits per heavy atom. The van der Waals surface area contributed by atoms with Crippen LogP contribution in [0.25, 0.3) is 0 Å². The average molecular weight is 495 g/mol. The zero-order valence-corrected chi connectivity index (χ0v) is 19.8. The molecule has 0 unspecified atom stereocenters. The molecule has 1 aliphatic heterocycles. The van der Waals surface area contributed by atoms with Gasteiger partial charge in [0, 0.05) is 11.4 Å². The van der Waals surface area contributed by atoms with Crippen LogP contribution in [0.1, 0.15) is 22.0 Å². The predicted octanol–water partition coefficient (Wildman–Crippen LogP) is 2.75. The van der Waals surface area contributed by atoms with Crippen molar-refractivity contribution in [3.63, 3.8) is 0 Å². The van der Waals surface area contributed by atoms with E-state index >= 15 is 0 Å². The van der Waals surface area contributed by atoms with Crippen molar-refractivity contribution in [2.45, 2.75) is 22.3 Å². The lowest BCUT2D eigenvalue weighted by Crippen LogP contribution is -2.40. The van der Waals surface area contributed by atoms with Crippen LogP contribution in [0.2, 0.25) is 0 Å². The van der Waals surface area contributed by atoms with E-state index in [0.29, 0.717) is 17.9 Å². The van der Waals surface area contributed by atoms with Crippen LogP contribution in [-0.2, 0) is 26.5 Å². The van der Waals surface area contributed by atoms with Crippen molar-refractivity contribution in [2.75, 3.05) is 20.8 Å². The number of sulfonamides is 2. The largest absolute Gasteiger partial charge is 0.493 e. The van der Waals surface area contributed by atoms with Gasteiger partial charge in [-0.3, -0.25) is 0 Å². The van der Waals surface area contributed by atoms with E-state index in [1.807, 2.05) is 29.6 Å². The molecule has 32 heavy (non-hydrogen) atoms. The molecule has 0 radical (unpaired) electrons. The van der Waals surface area contributed by atoms with Crippen LogP contribution in [0.5, 0.6) is 11.5 Å². The molecule has 170 valence electrons. The van der Waals surface area contributed by atoms with E-state index in [4.69, 9.17) is 14.6 Å². The molecule has 1 aromatic heterocycles. The van der Waals surface area contributed by atoms with Crippen LogP contribution in [0, 0.1) is 0 Å².